The van der Waals surface area contributed by atoms with Gasteiger partial charge in [0.05, 0.1) is 16.9 Å². The van der Waals surface area contributed by atoms with Crippen LogP contribution in [0.25, 0.3) is 16.6 Å². The van der Waals surface area contributed by atoms with Crippen LogP contribution in [0, 0.1) is 31.1 Å². The number of hydrogen-bond acceptors (Lipinski definition) is 6. The van der Waals surface area contributed by atoms with E-state index < -0.39 is 22.6 Å². The zero-order valence-corrected chi connectivity index (χ0v) is 24.4. The molecular formula is C30H33FN8O3. The van der Waals surface area contributed by atoms with Crippen LogP contribution in [0.5, 0.6) is 0 Å². The summed E-state index contributed by atoms with van der Waals surface area (Å²) in [4.78, 5) is 45.3. The van der Waals surface area contributed by atoms with Gasteiger partial charge in [0.1, 0.15) is 17.0 Å². The number of nitrogens with zero attached hydrogens (tertiary/aromatic N) is 5. The number of fused-ring (bicyclic) bond motifs is 1. The van der Waals surface area contributed by atoms with Gasteiger partial charge in [0.15, 0.2) is 6.19 Å². The highest BCUT2D eigenvalue weighted by atomic mass is 19.1. The lowest BCUT2D eigenvalue weighted by atomic mass is 10.1. The fourth-order valence-electron chi connectivity index (χ4n) is 4.76. The van der Waals surface area contributed by atoms with Crippen molar-refractivity contribution in [2.75, 3.05) is 17.7 Å². The number of benzene rings is 2. The summed E-state index contributed by atoms with van der Waals surface area (Å²) in [6.07, 6.45) is 3.13. The Morgan fingerprint density at radius 2 is 1.79 bits per heavy atom. The third-order valence-corrected chi connectivity index (χ3v) is 6.90. The van der Waals surface area contributed by atoms with Crippen molar-refractivity contribution in [3.8, 4) is 11.9 Å². The molecule has 1 aliphatic rings. The minimum Gasteiger partial charge on any atom is -0.338 e. The lowest BCUT2D eigenvalue weighted by molar-refractivity contribution is 0.630. The molecule has 42 heavy (non-hydrogen) atoms. The summed E-state index contributed by atoms with van der Waals surface area (Å²) in [7, 11) is 3.00. The summed E-state index contributed by atoms with van der Waals surface area (Å²) in [5, 5.41) is 17.4. The summed E-state index contributed by atoms with van der Waals surface area (Å²) in [6.45, 7) is 7.31. The predicted molar refractivity (Wildman–Crippen MR) is 164 cm³/mol. The van der Waals surface area contributed by atoms with Crippen LogP contribution in [0.4, 0.5) is 21.6 Å². The van der Waals surface area contributed by atoms with Crippen LogP contribution in [-0.2, 0) is 7.05 Å². The number of aliphatic imine (C=N–C) groups is 1. The van der Waals surface area contributed by atoms with Gasteiger partial charge in [-0.25, -0.2) is 9.18 Å². The highest BCUT2D eigenvalue weighted by molar-refractivity contribution is 5.95. The molecule has 4 aromatic rings. The van der Waals surface area contributed by atoms with Gasteiger partial charge < -0.3 is 10.6 Å². The normalized spacial score (nSPS) is 12.8. The molecule has 0 spiro atoms. The number of pyridine rings is 1. The van der Waals surface area contributed by atoms with E-state index in [-0.39, 0.29) is 40.0 Å². The van der Waals surface area contributed by atoms with Gasteiger partial charge in [-0.1, -0.05) is 26.0 Å². The third kappa shape index (κ3) is 5.41. The van der Waals surface area contributed by atoms with Crippen molar-refractivity contribution >= 4 is 34.1 Å². The fourth-order valence-corrected chi connectivity index (χ4v) is 4.76. The average molecular weight is 573 g/mol. The van der Waals surface area contributed by atoms with Crippen molar-refractivity contribution in [2.24, 2.45) is 12.0 Å². The van der Waals surface area contributed by atoms with Crippen LogP contribution < -0.4 is 32.8 Å². The number of guanidine groups is 1. The van der Waals surface area contributed by atoms with Crippen LogP contribution in [0.3, 0.4) is 0 Å². The molecular weight excluding hydrogens is 539 g/mol. The van der Waals surface area contributed by atoms with Gasteiger partial charge >= 0.3 is 5.69 Å². The van der Waals surface area contributed by atoms with Crippen LogP contribution in [0.2, 0.25) is 0 Å². The van der Waals surface area contributed by atoms with E-state index in [2.05, 4.69) is 20.9 Å². The van der Waals surface area contributed by atoms with Gasteiger partial charge in [0.2, 0.25) is 5.96 Å². The Bertz CT molecular complexity index is 1930. The quantitative estimate of drug-likeness (QED) is 0.141. The number of anilines is 3. The Morgan fingerprint density at radius 3 is 2.40 bits per heavy atom. The molecule has 2 aromatic heterocycles. The van der Waals surface area contributed by atoms with Crippen molar-refractivity contribution < 1.29 is 4.39 Å². The molecule has 0 aliphatic heterocycles. The molecule has 5 rings (SSSR count). The summed E-state index contributed by atoms with van der Waals surface area (Å²) in [5.41, 5.74) is 0.408. The molecule has 3 N–H and O–H groups in total. The summed E-state index contributed by atoms with van der Waals surface area (Å²) >= 11 is 0. The van der Waals surface area contributed by atoms with E-state index in [0.717, 1.165) is 0 Å². The van der Waals surface area contributed by atoms with Gasteiger partial charge in [-0.05, 0) is 62.6 Å². The largest absolute Gasteiger partial charge is 0.338 e. The topological polar surface area (TPSA) is 138 Å². The van der Waals surface area contributed by atoms with Gasteiger partial charge in [-0.2, -0.15) is 5.26 Å². The summed E-state index contributed by atoms with van der Waals surface area (Å²) in [6, 6.07) is 11.1. The van der Waals surface area contributed by atoms with Crippen molar-refractivity contribution in [1.29, 1.82) is 5.26 Å². The predicted octanol–water partition coefficient (Wildman–Crippen LogP) is 4.18. The van der Waals surface area contributed by atoms with Crippen molar-refractivity contribution in [3.05, 3.63) is 90.6 Å². The molecule has 0 unspecified atom stereocenters. The van der Waals surface area contributed by atoms with Crippen molar-refractivity contribution in [3.63, 3.8) is 0 Å². The molecule has 1 aliphatic carbocycles. The maximum atomic E-state index is 14.9. The van der Waals surface area contributed by atoms with E-state index in [9.17, 15) is 18.8 Å². The lowest BCUT2D eigenvalue weighted by Crippen LogP contribution is -2.41. The van der Waals surface area contributed by atoms with Gasteiger partial charge in [-0.3, -0.25) is 33.6 Å². The molecule has 12 heteroatoms. The highest BCUT2D eigenvalue weighted by Gasteiger charge is 2.31. The Morgan fingerprint density at radius 1 is 1.07 bits per heavy atom. The standard InChI is InChI=1S/C28H27FN8O3.C2H6/c1-15-8-11-21(20(29)12-15)34-24-22-23(16(2)25(38)35(24)4)36(28(40)37(26(22)39)18-9-10-18)19-7-5-6-17(13-19)33-27(31-3)32-14-30;1-2/h5-8,11-13,18,34H,9-10H2,1-4H3,(H2,31,32,33);1-2H3. The molecule has 0 radical (unpaired) electrons. The first-order valence-electron chi connectivity index (χ1n) is 13.6. The van der Waals surface area contributed by atoms with E-state index in [4.69, 9.17) is 5.26 Å². The molecule has 2 heterocycles. The first-order valence-corrected chi connectivity index (χ1v) is 13.6. The number of nitriles is 1. The van der Waals surface area contributed by atoms with Crippen LogP contribution in [0.1, 0.15) is 43.9 Å². The number of hydrogen-bond donors (Lipinski definition) is 3. The zero-order valence-electron chi connectivity index (χ0n) is 24.4. The number of halogens is 1. The first-order chi connectivity index (χ1) is 20.2. The molecule has 11 nitrogen and oxygen atoms in total. The summed E-state index contributed by atoms with van der Waals surface area (Å²) in [5.74, 6) is -0.277. The van der Waals surface area contributed by atoms with Gasteiger partial charge in [-0.15, -0.1) is 0 Å². The SMILES string of the molecule is CC.CN=C(NC#N)Nc1cccc(-n2c(=O)n(C3CC3)c(=O)c3c(Nc4ccc(C)cc4F)n(C)c(=O)c(C)c32)c1. The smallest absolute Gasteiger partial charge is 0.336 e. The van der Waals surface area contributed by atoms with E-state index in [1.165, 1.54) is 39.9 Å². The van der Waals surface area contributed by atoms with Crippen molar-refractivity contribution in [2.45, 2.75) is 46.6 Å². The lowest BCUT2D eigenvalue weighted by Gasteiger charge is -2.21. The second-order valence-electron chi connectivity index (χ2n) is 9.68. The van der Waals surface area contributed by atoms with Gasteiger partial charge in [0, 0.05) is 31.4 Å². The Labute approximate surface area is 241 Å². The monoisotopic (exact) mass is 572 g/mol. The average Bonchev–Trinajstić information content (AvgIpc) is 3.81. The van der Waals surface area contributed by atoms with E-state index in [1.807, 2.05) is 13.8 Å². The third-order valence-electron chi connectivity index (χ3n) is 6.90. The highest BCUT2D eigenvalue weighted by Crippen LogP contribution is 2.34. The van der Waals surface area contributed by atoms with Gasteiger partial charge in [0.25, 0.3) is 11.1 Å². The molecule has 218 valence electrons. The number of aryl methyl sites for hydroxylation is 2. The molecule has 0 bridgehead atoms. The molecule has 1 fully saturated rings. The first kappa shape index (κ1) is 29.8. The van der Waals surface area contributed by atoms with Crippen molar-refractivity contribution in [1.82, 2.24) is 19.0 Å². The van der Waals surface area contributed by atoms with E-state index in [0.29, 0.717) is 29.8 Å². The Hall–Kier alpha value is -5.18. The Balaban J connectivity index is 0.00000198. The number of aromatic nitrogens is 3. The summed E-state index contributed by atoms with van der Waals surface area (Å²) < 4.78 is 18.7. The maximum Gasteiger partial charge on any atom is 0.336 e. The van der Waals surface area contributed by atoms with E-state index in [1.54, 1.807) is 50.4 Å². The second kappa shape index (κ2) is 12.1. The maximum absolute atomic E-state index is 14.9. The molecule has 2 aromatic carbocycles. The molecule has 0 atom stereocenters. The molecule has 0 saturated heterocycles. The minimum absolute atomic E-state index is 0.0782. The van der Waals surface area contributed by atoms with Crippen LogP contribution in [0.15, 0.2) is 61.8 Å². The van der Waals surface area contributed by atoms with E-state index >= 15 is 0 Å². The Kier molecular flexibility index (Phi) is 8.61. The second-order valence-corrected chi connectivity index (χ2v) is 9.68. The zero-order chi connectivity index (χ0) is 30.7. The van der Waals surface area contributed by atoms with Crippen LogP contribution in [-0.4, -0.2) is 26.7 Å². The molecule has 1 saturated carbocycles. The number of nitrogens with one attached hydrogen (secondary N) is 3. The number of rotatable bonds is 5. The minimum atomic E-state index is -0.583. The fraction of sp³-hybridized carbons (Fsp3) is 0.300. The van der Waals surface area contributed by atoms with Crippen LogP contribution >= 0.6 is 0 Å². The molecule has 0 amide bonds.